The van der Waals surface area contributed by atoms with Crippen LogP contribution in [0.3, 0.4) is 0 Å². The van der Waals surface area contributed by atoms with Gasteiger partial charge in [-0.3, -0.25) is 9.59 Å². The average Bonchev–Trinajstić information content (AvgIpc) is 3.06. The number of pyridine rings is 1. The van der Waals surface area contributed by atoms with Crippen LogP contribution in [-0.4, -0.2) is 30.8 Å². The Bertz CT molecular complexity index is 1010. The van der Waals surface area contributed by atoms with Gasteiger partial charge in [-0.25, -0.2) is 9.50 Å². The van der Waals surface area contributed by atoms with E-state index < -0.39 is 5.97 Å². The minimum absolute atomic E-state index is 0.0318. The summed E-state index contributed by atoms with van der Waals surface area (Å²) in [6.45, 7) is 0. The predicted molar refractivity (Wildman–Crippen MR) is 91.2 cm³/mol. The predicted octanol–water partition coefficient (Wildman–Crippen LogP) is 1.12. The Balaban J connectivity index is 2.03. The van der Waals surface area contributed by atoms with E-state index in [4.69, 9.17) is 5.11 Å². The number of nitrogens with zero attached hydrogens (tertiary/aromatic N) is 3. The van der Waals surface area contributed by atoms with Crippen LogP contribution < -0.4 is 10.6 Å². The lowest BCUT2D eigenvalue weighted by Crippen LogP contribution is -2.33. The summed E-state index contributed by atoms with van der Waals surface area (Å²) in [4.78, 5) is 27.5. The molecule has 0 aliphatic heterocycles. The molecule has 2 aromatic heterocycles. The quantitative estimate of drug-likeness (QED) is 0.697. The summed E-state index contributed by atoms with van der Waals surface area (Å²) in [7, 11) is 0. The number of aromatic nitrogens is 3. The first kappa shape index (κ1) is 16.6. The normalized spacial score (nSPS) is 12.3. The lowest BCUT2D eigenvalue weighted by atomic mass is 10.0. The van der Waals surface area contributed by atoms with Gasteiger partial charge in [0.2, 0.25) is 0 Å². The van der Waals surface area contributed by atoms with Crippen LogP contribution in [0.4, 0.5) is 0 Å². The topological polar surface area (TPSA) is 105 Å². The second-order valence-electron chi connectivity index (χ2n) is 5.71. The van der Waals surface area contributed by atoms with Crippen molar-refractivity contribution >= 4 is 17.4 Å². The first-order chi connectivity index (χ1) is 12.1. The van der Waals surface area contributed by atoms with Gasteiger partial charge in [-0.05, 0) is 18.4 Å². The molecule has 2 N–H and O–H groups in total. The Hall–Kier alpha value is -3.22. The van der Waals surface area contributed by atoms with Gasteiger partial charge in [-0.1, -0.05) is 30.3 Å². The van der Waals surface area contributed by atoms with E-state index in [1.807, 2.05) is 30.3 Å². The monoisotopic (exact) mass is 339 g/mol. The Kier molecular flexibility index (Phi) is 4.74. The third kappa shape index (κ3) is 3.65. The SMILES string of the molecule is O=C(O)CCC(O)=c1c(=O)c(CCc2ccccc2)cn2ncnc12. The molecule has 0 saturated heterocycles. The van der Waals surface area contributed by atoms with Crippen LogP contribution in [0, 0.1) is 0 Å². The van der Waals surface area contributed by atoms with Crippen LogP contribution >= 0.6 is 0 Å². The van der Waals surface area contributed by atoms with Crippen LogP contribution in [0.25, 0.3) is 11.4 Å². The molecule has 2 heterocycles. The lowest BCUT2D eigenvalue weighted by Gasteiger charge is -2.04. The molecule has 0 spiro atoms. The number of hydrogen-bond donors (Lipinski definition) is 2. The van der Waals surface area contributed by atoms with Crippen LogP contribution in [0.2, 0.25) is 0 Å². The summed E-state index contributed by atoms with van der Waals surface area (Å²) < 4.78 is 1.44. The molecule has 0 saturated carbocycles. The molecule has 0 radical (unpaired) electrons. The molecule has 7 heteroatoms. The van der Waals surface area contributed by atoms with Gasteiger partial charge in [0.15, 0.2) is 11.1 Å². The minimum Gasteiger partial charge on any atom is -0.511 e. The van der Waals surface area contributed by atoms with Crippen molar-refractivity contribution in [2.24, 2.45) is 0 Å². The maximum atomic E-state index is 12.8. The molecule has 0 atom stereocenters. The number of aliphatic carboxylic acids is 1. The molecule has 7 nitrogen and oxygen atoms in total. The molecule has 128 valence electrons. The molecular weight excluding hydrogens is 322 g/mol. The molecule has 0 unspecified atom stereocenters. The molecule has 3 aromatic rings. The molecule has 1 aromatic carbocycles. The Morgan fingerprint density at radius 1 is 1.08 bits per heavy atom. The molecule has 0 fully saturated rings. The molecule has 0 aliphatic rings. The average molecular weight is 339 g/mol. The van der Waals surface area contributed by atoms with Crippen LogP contribution in [-0.2, 0) is 17.6 Å². The number of benzene rings is 1. The smallest absolute Gasteiger partial charge is 0.303 e. The Labute approximate surface area is 142 Å². The first-order valence-electron chi connectivity index (χ1n) is 7.89. The summed E-state index contributed by atoms with van der Waals surface area (Å²) in [5, 5.41) is 23.1. The van der Waals surface area contributed by atoms with Crippen molar-refractivity contribution in [3.8, 4) is 0 Å². The highest BCUT2D eigenvalue weighted by Crippen LogP contribution is 2.06. The van der Waals surface area contributed by atoms with Gasteiger partial charge in [0.25, 0.3) is 0 Å². The summed E-state index contributed by atoms with van der Waals surface area (Å²) in [6.07, 6.45) is 3.67. The van der Waals surface area contributed by atoms with Crippen molar-refractivity contribution in [1.29, 1.82) is 0 Å². The van der Waals surface area contributed by atoms with E-state index >= 15 is 0 Å². The number of hydrogen-bond acceptors (Lipinski definition) is 5. The fourth-order valence-corrected chi connectivity index (χ4v) is 2.70. The van der Waals surface area contributed by atoms with E-state index in [1.165, 1.54) is 10.8 Å². The number of aliphatic hydroxyl groups is 1. The third-order valence-corrected chi connectivity index (χ3v) is 3.98. The van der Waals surface area contributed by atoms with Gasteiger partial charge in [0, 0.05) is 18.2 Å². The van der Waals surface area contributed by atoms with Crippen LogP contribution in [0.5, 0.6) is 0 Å². The summed E-state index contributed by atoms with van der Waals surface area (Å²) in [5.74, 6) is -1.32. The molecule has 0 amide bonds. The Morgan fingerprint density at radius 2 is 1.84 bits per heavy atom. The highest BCUT2D eigenvalue weighted by molar-refractivity contribution is 5.68. The zero-order valence-electron chi connectivity index (χ0n) is 13.4. The number of carbonyl (C=O) groups is 1. The van der Waals surface area contributed by atoms with E-state index in [1.54, 1.807) is 6.20 Å². The zero-order valence-corrected chi connectivity index (χ0v) is 13.4. The lowest BCUT2D eigenvalue weighted by molar-refractivity contribution is -0.136. The van der Waals surface area contributed by atoms with Gasteiger partial charge in [-0.15, -0.1) is 0 Å². The summed E-state index contributed by atoms with van der Waals surface area (Å²) in [5.41, 5.74) is 1.50. The largest absolute Gasteiger partial charge is 0.511 e. The van der Waals surface area contributed by atoms with Crippen molar-refractivity contribution in [2.75, 3.05) is 0 Å². The molecule has 0 aliphatic carbocycles. The van der Waals surface area contributed by atoms with Crippen molar-refractivity contribution in [3.05, 3.63) is 69.4 Å². The summed E-state index contributed by atoms with van der Waals surface area (Å²) in [6, 6.07) is 9.76. The number of aryl methyl sites for hydroxylation is 2. The van der Waals surface area contributed by atoms with Crippen molar-refractivity contribution < 1.29 is 15.0 Å². The van der Waals surface area contributed by atoms with Crippen molar-refractivity contribution in [3.63, 3.8) is 0 Å². The molecular formula is C18H17N3O4. The number of fused-ring (bicyclic) bond motifs is 1. The second kappa shape index (κ2) is 7.12. The van der Waals surface area contributed by atoms with Crippen molar-refractivity contribution in [1.82, 2.24) is 14.6 Å². The standard InChI is InChI=1S/C18H17N3O4/c22-14(8-9-15(23)24)16-17(25)13(10-21-18(16)19-11-20-21)7-6-12-4-2-1-3-5-12/h1-5,10-11,22H,6-9H2,(H,23,24). The van der Waals surface area contributed by atoms with E-state index in [9.17, 15) is 14.7 Å². The van der Waals surface area contributed by atoms with Crippen LogP contribution in [0.1, 0.15) is 24.0 Å². The molecule has 3 rings (SSSR count). The number of carboxylic acids is 1. The fraction of sp³-hybridized carbons (Fsp3) is 0.222. The van der Waals surface area contributed by atoms with Crippen LogP contribution in [0.15, 0.2) is 47.7 Å². The van der Waals surface area contributed by atoms with E-state index in [-0.39, 0.29) is 34.9 Å². The highest BCUT2D eigenvalue weighted by atomic mass is 16.4. The van der Waals surface area contributed by atoms with E-state index in [0.717, 1.165) is 5.56 Å². The minimum atomic E-state index is -1.04. The second-order valence-corrected chi connectivity index (χ2v) is 5.71. The highest BCUT2D eigenvalue weighted by Gasteiger charge is 2.13. The zero-order chi connectivity index (χ0) is 17.8. The molecule has 0 bridgehead atoms. The number of aliphatic hydroxyl groups excluding tert-OH is 1. The van der Waals surface area contributed by atoms with Crippen molar-refractivity contribution in [2.45, 2.75) is 25.7 Å². The maximum Gasteiger partial charge on any atom is 0.303 e. The number of carboxylic acid groups (broad SMARTS) is 1. The van der Waals surface area contributed by atoms with Gasteiger partial charge < -0.3 is 10.2 Å². The van der Waals surface area contributed by atoms with Gasteiger partial charge in [-0.2, -0.15) is 5.10 Å². The van der Waals surface area contributed by atoms with Gasteiger partial charge in [0.05, 0.1) is 6.42 Å². The van der Waals surface area contributed by atoms with Gasteiger partial charge >= 0.3 is 5.97 Å². The molecule has 25 heavy (non-hydrogen) atoms. The number of rotatable bonds is 6. The van der Waals surface area contributed by atoms with E-state index in [0.29, 0.717) is 18.4 Å². The fourth-order valence-electron chi connectivity index (χ4n) is 2.70. The maximum absolute atomic E-state index is 12.8. The first-order valence-corrected chi connectivity index (χ1v) is 7.89. The summed E-state index contributed by atoms with van der Waals surface area (Å²) >= 11 is 0. The Morgan fingerprint density at radius 3 is 2.56 bits per heavy atom. The van der Waals surface area contributed by atoms with Gasteiger partial charge in [0.1, 0.15) is 17.3 Å². The third-order valence-electron chi connectivity index (χ3n) is 3.98. The van der Waals surface area contributed by atoms with E-state index in [2.05, 4.69) is 10.1 Å².